The monoisotopic (exact) mass is 305 g/mol. The molecule has 8 nitrogen and oxygen atoms in total. The van der Waals surface area contributed by atoms with Gasteiger partial charge >= 0.3 is 5.97 Å². The molecule has 0 aliphatic rings. The first-order chi connectivity index (χ1) is 10.5. The van der Waals surface area contributed by atoms with Crippen molar-refractivity contribution < 1.29 is 14.7 Å². The number of aromatic nitrogens is 4. The molecule has 8 heteroatoms. The van der Waals surface area contributed by atoms with Crippen LogP contribution in [-0.2, 0) is 11.3 Å². The van der Waals surface area contributed by atoms with Crippen molar-refractivity contribution in [3.8, 4) is 0 Å². The van der Waals surface area contributed by atoms with Crippen molar-refractivity contribution in [1.82, 2.24) is 24.9 Å². The topological polar surface area (TPSA) is 102 Å². The van der Waals surface area contributed by atoms with Crippen molar-refractivity contribution in [2.24, 2.45) is 0 Å². The van der Waals surface area contributed by atoms with Crippen LogP contribution in [0.3, 0.4) is 0 Å². The Kier molecular flexibility index (Phi) is 4.92. The summed E-state index contributed by atoms with van der Waals surface area (Å²) in [5, 5.41) is 19.7. The quantitative estimate of drug-likeness (QED) is 0.738. The molecule has 0 saturated carbocycles. The summed E-state index contributed by atoms with van der Waals surface area (Å²) >= 11 is 0. The van der Waals surface area contributed by atoms with Crippen LogP contribution in [0.1, 0.15) is 35.4 Å². The van der Waals surface area contributed by atoms with E-state index in [4.69, 9.17) is 5.11 Å². The van der Waals surface area contributed by atoms with E-state index in [1.54, 1.807) is 6.20 Å². The molecule has 0 aliphatic heterocycles. The minimum Gasteiger partial charge on any atom is -0.480 e. The second kappa shape index (κ2) is 6.88. The van der Waals surface area contributed by atoms with Gasteiger partial charge in [0.2, 0.25) is 0 Å². The van der Waals surface area contributed by atoms with E-state index in [1.807, 2.05) is 17.7 Å². The average Bonchev–Trinajstić information content (AvgIpc) is 3.12. The molecule has 2 heterocycles. The highest BCUT2D eigenvalue weighted by Crippen LogP contribution is 2.06. The lowest BCUT2D eigenvalue weighted by atomic mass is 10.3. The normalized spacial score (nSPS) is 12.1. The van der Waals surface area contributed by atoms with Crippen LogP contribution >= 0.6 is 0 Å². The van der Waals surface area contributed by atoms with Gasteiger partial charge in [0.15, 0.2) is 0 Å². The fourth-order valence-corrected chi connectivity index (χ4v) is 1.95. The van der Waals surface area contributed by atoms with Crippen molar-refractivity contribution in [2.45, 2.75) is 32.9 Å². The van der Waals surface area contributed by atoms with Crippen LogP contribution in [0.25, 0.3) is 0 Å². The summed E-state index contributed by atoms with van der Waals surface area (Å²) < 4.78 is 3.13. The number of nitrogens with one attached hydrogen (secondary N) is 1. The number of carboxylic acids is 1. The smallest absolute Gasteiger partial charge is 0.328 e. The Labute approximate surface area is 127 Å². The number of nitrogens with zero attached hydrogens (tertiary/aromatic N) is 4. The molecule has 2 rings (SSSR count). The molecule has 118 valence electrons. The summed E-state index contributed by atoms with van der Waals surface area (Å²) in [7, 11) is 0. The van der Waals surface area contributed by atoms with E-state index in [0.29, 0.717) is 12.1 Å². The van der Waals surface area contributed by atoms with E-state index in [9.17, 15) is 9.59 Å². The second-order valence-corrected chi connectivity index (χ2v) is 5.03. The molecule has 1 amide bonds. The van der Waals surface area contributed by atoms with Gasteiger partial charge in [0.05, 0.1) is 11.8 Å². The molecule has 2 aromatic rings. The van der Waals surface area contributed by atoms with Gasteiger partial charge in [-0.2, -0.15) is 10.2 Å². The van der Waals surface area contributed by atoms with Gasteiger partial charge in [-0.25, -0.2) is 4.79 Å². The van der Waals surface area contributed by atoms with Crippen LogP contribution in [-0.4, -0.2) is 43.1 Å². The van der Waals surface area contributed by atoms with Gasteiger partial charge in [-0.05, 0) is 26.3 Å². The standard InChI is InChI=1S/C14H19N5O3/c1-10-4-6-16-18(10)7-3-5-15-13(20)12-8-17-19(9-12)11(2)14(21)22/h4,6,8-9,11H,3,5,7H2,1-2H3,(H,15,20)(H,21,22). The highest BCUT2D eigenvalue weighted by Gasteiger charge is 2.16. The van der Waals surface area contributed by atoms with Crippen molar-refractivity contribution >= 4 is 11.9 Å². The van der Waals surface area contributed by atoms with Gasteiger partial charge < -0.3 is 10.4 Å². The molecule has 0 bridgehead atoms. The highest BCUT2D eigenvalue weighted by molar-refractivity contribution is 5.93. The average molecular weight is 305 g/mol. The molecule has 0 aromatic carbocycles. The lowest BCUT2D eigenvalue weighted by Crippen LogP contribution is -2.25. The number of aryl methyl sites for hydroxylation is 2. The summed E-state index contributed by atoms with van der Waals surface area (Å²) in [6, 6.07) is 1.13. The van der Waals surface area contributed by atoms with Gasteiger partial charge in [0.25, 0.3) is 5.91 Å². The van der Waals surface area contributed by atoms with E-state index in [-0.39, 0.29) is 5.91 Å². The summed E-state index contributed by atoms with van der Waals surface area (Å²) in [6.45, 7) is 4.72. The lowest BCUT2D eigenvalue weighted by Gasteiger charge is -2.06. The van der Waals surface area contributed by atoms with Crippen LogP contribution in [0.2, 0.25) is 0 Å². The van der Waals surface area contributed by atoms with Crippen LogP contribution in [0.4, 0.5) is 0 Å². The third kappa shape index (κ3) is 3.72. The number of carboxylic acid groups (broad SMARTS) is 1. The van der Waals surface area contributed by atoms with Crippen molar-refractivity contribution in [3.05, 3.63) is 35.9 Å². The van der Waals surface area contributed by atoms with Crippen LogP contribution in [0.15, 0.2) is 24.7 Å². The minimum atomic E-state index is -0.996. The molecule has 0 aliphatic carbocycles. The predicted molar refractivity (Wildman–Crippen MR) is 78.5 cm³/mol. The molecule has 22 heavy (non-hydrogen) atoms. The Balaban J connectivity index is 1.80. The Hall–Kier alpha value is -2.64. The summed E-state index contributed by atoms with van der Waals surface area (Å²) in [4.78, 5) is 22.8. The Bertz CT molecular complexity index is 661. The van der Waals surface area contributed by atoms with Gasteiger partial charge in [-0.15, -0.1) is 0 Å². The number of amides is 1. The molecule has 0 radical (unpaired) electrons. The molecule has 0 spiro atoms. The predicted octanol–water partition coefficient (Wildman–Crippen LogP) is 0.854. The largest absolute Gasteiger partial charge is 0.480 e. The number of rotatable bonds is 7. The van der Waals surface area contributed by atoms with Crippen molar-refractivity contribution in [1.29, 1.82) is 0 Å². The number of carbonyl (C=O) groups excluding carboxylic acids is 1. The van der Waals surface area contributed by atoms with Crippen LogP contribution < -0.4 is 5.32 Å². The van der Waals surface area contributed by atoms with E-state index in [0.717, 1.165) is 18.7 Å². The molecule has 1 atom stereocenters. The van der Waals surface area contributed by atoms with Gasteiger partial charge in [0.1, 0.15) is 6.04 Å². The maximum Gasteiger partial charge on any atom is 0.328 e. The molecular weight excluding hydrogens is 286 g/mol. The fraction of sp³-hybridized carbons (Fsp3) is 0.429. The highest BCUT2D eigenvalue weighted by atomic mass is 16.4. The fourth-order valence-electron chi connectivity index (χ4n) is 1.95. The van der Waals surface area contributed by atoms with E-state index >= 15 is 0 Å². The Morgan fingerprint density at radius 3 is 2.82 bits per heavy atom. The summed E-state index contributed by atoms with van der Waals surface area (Å²) in [5.41, 5.74) is 1.43. The third-order valence-corrected chi connectivity index (χ3v) is 3.38. The molecule has 1 unspecified atom stereocenters. The Morgan fingerprint density at radius 1 is 1.41 bits per heavy atom. The van der Waals surface area contributed by atoms with E-state index < -0.39 is 12.0 Å². The minimum absolute atomic E-state index is 0.263. The molecule has 0 fully saturated rings. The second-order valence-electron chi connectivity index (χ2n) is 5.03. The zero-order chi connectivity index (χ0) is 16.1. The van der Waals surface area contributed by atoms with Gasteiger partial charge in [-0.3, -0.25) is 14.2 Å². The first kappa shape index (κ1) is 15.7. The zero-order valence-electron chi connectivity index (χ0n) is 12.6. The molecule has 2 aromatic heterocycles. The maximum absolute atomic E-state index is 11.9. The maximum atomic E-state index is 11.9. The SMILES string of the molecule is Cc1ccnn1CCCNC(=O)c1cnn(C(C)C(=O)O)c1. The van der Waals surface area contributed by atoms with Crippen molar-refractivity contribution in [2.75, 3.05) is 6.54 Å². The van der Waals surface area contributed by atoms with Gasteiger partial charge in [-0.1, -0.05) is 0 Å². The van der Waals surface area contributed by atoms with E-state index in [1.165, 1.54) is 24.0 Å². The summed E-state index contributed by atoms with van der Waals surface area (Å²) in [5.74, 6) is -1.26. The summed E-state index contributed by atoms with van der Waals surface area (Å²) in [6.07, 6.45) is 5.30. The zero-order valence-corrected chi connectivity index (χ0v) is 12.6. The lowest BCUT2D eigenvalue weighted by molar-refractivity contribution is -0.140. The number of hydrogen-bond acceptors (Lipinski definition) is 4. The number of carbonyl (C=O) groups is 2. The molecule has 0 saturated heterocycles. The van der Waals surface area contributed by atoms with Crippen LogP contribution in [0.5, 0.6) is 0 Å². The van der Waals surface area contributed by atoms with Crippen LogP contribution in [0, 0.1) is 6.92 Å². The Morgan fingerprint density at radius 2 is 2.18 bits per heavy atom. The van der Waals surface area contributed by atoms with Gasteiger partial charge in [0, 0.05) is 31.2 Å². The first-order valence-electron chi connectivity index (χ1n) is 7.02. The number of hydrogen-bond donors (Lipinski definition) is 2. The third-order valence-electron chi connectivity index (χ3n) is 3.38. The van der Waals surface area contributed by atoms with E-state index in [2.05, 4.69) is 15.5 Å². The molecule has 2 N–H and O–H groups in total. The number of aliphatic carboxylic acids is 1. The first-order valence-corrected chi connectivity index (χ1v) is 7.02. The van der Waals surface area contributed by atoms with Crippen molar-refractivity contribution in [3.63, 3.8) is 0 Å². The molecular formula is C14H19N5O3.